The second-order valence-electron chi connectivity index (χ2n) is 8.42. The fourth-order valence-electron chi connectivity index (χ4n) is 3.80. The number of benzene rings is 4. The van der Waals surface area contributed by atoms with Crippen molar-refractivity contribution in [3.8, 4) is 17.2 Å². The molecular weight excluding hydrogens is 522 g/mol. The first kappa shape index (κ1) is 26.7. The molecule has 0 radical (unpaired) electrons. The van der Waals surface area contributed by atoms with E-state index in [1.54, 1.807) is 27.5 Å². The van der Waals surface area contributed by atoms with Gasteiger partial charge >= 0.3 is 0 Å². The predicted molar refractivity (Wildman–Crippen MR) is 165 cm³/mol. The highest BCUT2D eigenvalue weighted by Crippen LogP contribution is 2.33. The molecule has 9 heteroatoms. The van der Waals surface area contributed by atoms with E-state index < -0.39 is 0 Å². The van der Waals surface area contributed by atoms with Crippen LogP contribution in [0.15, 0.2) is 123 Å². The van der Waals surface area contributed by atoms with Crippen molar-refractivity contribution in [3.05, 3.63) is 109 Å². The standard InChI is InChI=1S/C31H27N5O3S/c1-37-26-15-9-22(10-16-26)21-32-35-31-36(25-7-5-4-6-8-25)29(33-23-11-17-27(38-2)18-12-23)30(40-31)34-24-13-19-28(39-3)20-14-24/h4-21H,1-3H3. The third kappa shape index (κ3) is 6.39. The molecule has 40 heavy (non-hydrogen) atoms. The fraction of sp³-hybridized carbons (Fsp3) is 0.0968. The first-order valence-corrected chi connectivity index (χ1v) is 13.2. The molecule has 200 valence electrons. The highest BCUT2D eigenvalue weighted by atomic mass is 32.2. The van der Waals surface area contributed by atoms with Crippen molar-refractivity contribution in [1.29, 1.82) is 0 Å². The number of ether oxygens (including phenoxy) is 3. The summed E-state index contributed by atoms with van der Waals surface area (Å²) in [7, 11) is 4.92. The number of anilines is 1. The minimum Gasteiger partial charge on any atom is -0.497 e. The maximum atomic E-state index is 5.32. The molecule has 1 aliphatic heterocycles. The Balaban J connectivity index is 1.59. The van der Waals surface area contributed by atoms with E-state index in [2.05, 4.69) is 10.2 Å². The Morgan fingerprint density at radius 2 is 1.15 bits per heavy atom. The van der Waals surface area contributed by atoms with Gasteiger partial charge < -0.3 is 14.2 Å². The van der Waals surface area contributed by atoms with Crippen LogP contribution in [-0.2, 0) is 0 Å². The van der Waals surface area contributed by atoms with Crippen LogP contribution >= 0.6 is 11.8 Å². The topological polar surface area (TPSA) is 80.4 Å². The summed E-state index contributed by atoms with van der Waals surface area (Å²) in [5, 5.41) is 10.3. The molecule has 4 aromatic rings. The highest BCUT2D eigenvalue weighted by molar-refractivity contribution is 8.29. The van der Waals surface area contributed by atoms with Crippen LogP contribution < -0.4 is 19.1 Å². The summed E-state index contributed by atoms with van der Waals surface area (Å²) >= 11 is 1.40. The molecule has 8 nitrogen and oxygen atoms in total. The maximum absolute atomic E-state index is 5.32. The molecule has 0 unspecified atom stereocenters. The van der Waals surface area contributed by atoms with Crippen molar-refractivity contribution < 1.29 is 14.2 Å². The lowest BCUT2D eigenvalue weighted by Crippen LogP contribution is -2.30. The van der Waals surface area contributed by atoms with Crippen molar-refractivity contribution in [2.75, 3.05) is 26.2 Å². The number of nitrogens with zero attached hydrogens (tertiary/aromatic N) is 5. The van der Waals surface area contributed by atoms with E-state index in [0.29, 0.717) is 16.0 Å². The van der Waals surface area contributed by atoms with Gasteiger partial charge in [0.1, 0.15) is 22.3 Å². The fourth-order valence-corrected chi connectivity index (χ4v) is 4.72. The van der Waals surface area contributed by atoms with Gasteiger partial charge in [0.15, 0.2) is 5.84 Å². The molecule has 0 aromatic heterocycles. The van der Waals surface area contributed by atoms with Crippen molar-refractivity contribution in [1.82, 2.24) is 0 Å². The summed E-state index contributed by atoms with van der Waals surface area (Å²) in [6.45, 7) is 0. The van der Waals surface area contributed by atoms with Crippen LogP contribution in [0.5, 0.6) is 17.2 Å². The Morgan fingerprint density at radius 3 is 1.70 bits per heavy atom. The minimum absolute atomic E-state index is 0.621. The molecule has 0 atom stereocenters. The van der Waals surface area contributed by atoms with E-state index in [1.807, 2.05) is 108 Å². The Labute approximate surface area is 237 Å². The van der Waals surface area contributed by atoms with E-state index >= 15 is 0 Å². The lowest BCUT2D eigenvalue weighted by atomic mass is 10.2. The smallest absolute Gasteiger partial charge is 0.202 e. The van der Waals surface area contributed by atoms with Crippen LogP contribution in [-0.4, -0.2) is 43.6 Å². The normalized spacial score (nSPS) is 16.3. The number of hydrogen-bond acceptors (Lipinski definition) is 8. The molecule has 1 saturated heterocycles. The predicted octanol–water partition coefficient (Wildman–Crippen LogP) is 7.12. The summed E-state index contributed by atoms with van der Waals surface area (Å²) in [5.74, 6) is 2.93. The van der Waals surface area contributed by atoms with Gasteiger partial charge in [0.2, 0.25) is 5.17 Å². The number of para-hydroxylation sites is 1. The molecule has 0 N–H and O–H groups in total. The average Bonchev–Trinajstić information content (AvgIpc) is 3.34. The minimum atomic E-state index is 0.621. The number of hydrogen-bond donors (Lipinski definition) is 0. The summed E-state index contributed by atoms with van der Waals surface area (Å²) in [6.07, 6.45) is 1.70. The SMILES string of the molecule is COc1ccc(C=NN=C2SC(=Nc3ccc(OC)cc3)C(=Nc3ccc(OC)cc3)N2c2ccccc2)cc1. The van der Waals surface area contributed by atoms with Gasteiger partial charge in [-0.05, 0) is 102 Å². The first-order valence-electron chi connectivity index (χ1n) is 12.4. The average molecular weight is 550 g/mol. The molecule has 5 rings (SSSR count). The van der Waals surface area contributed by atoms with Crippen LogP contribution in [0, 0.1) is 0 Å². The van der Waals surface area contributed by atoms with Gasteiger partial charge in [-0.1, -0.05) is 18.2 Å². The summed E-state index contributed by atoms with van der Waals surface area (Å²) in [6, 6.07) is 32.7. The van der Waals surface area contributed by atoms with Gasteiger partial charge in [0, 0.05) is 5.69 Å². The molecule has 0 spiro atoms. The van der Waals surface area contributed by atoms with Gasteiger partial charge in [0.05, 0.1) is 38.9 Å². The largest absolute Gasteiger partial charge is 0.497 e. The van der Waals surface area contributed by atoms with Crippen molar-refractivity contribution in [2.24, 2.45) is 20.2 Å². The number of amidine groups is 2. The van der Waals surface area contributed by atoms with E-state index in [1.165, 1.54) is 11.8 Å². The Morgan fingerprint density at radius 1 is 0.625 bits per heavy atom. The molecular formula is C31H27N5O3S. The van der Waals surface area contributed by atoms with Gasteiger partial charge in [0.25, 0.3) is 0 Å². The van der Waals surface area contributed by atoms with Gasteiger partial charge in [-0.3, -0.25) is 4.90 Å². The number of aliphatic imine (C=N–C) groups is 2. The summed E-state index contributed by atoms with van der Waals surface area (Å²) in [4.78, 5) is 11.9. The quantitative estimate of drug-likeness (QED) is 0.173. The zero-order chi connectivity index (χ0) is 27.7. The highest BCUT2D eigenvalue weighted by Gasteiger charge is 2.35. The molecule has 1 aliphatic rings. The number of methoxy groups -OCH3 is 3. The Hall–Kier alpha value is -4.89. The lowest BCUT2D eigenvalue weighted by molar-refractivity contribution is 0.414. The summed E-state index contributed by atoms with van der Waals surface area (Å²) in [5.41, 5.74) is 3.31. The first-order chi connectivity index (χ1) is 19.7. The third-order valence-electron chi connectivity index (χ3n) is 5.87. The van der Waals surface area contributed by atoms with Crippen LogP contribution in [0.2, 0.25) is 0 Å². The van der Waals surface area contributed by atoms with Gasteiger partial charge in [-0.15, -0.1) is 5.10 Å². The Kier molecular flexibility index (Phi) is 8.53. The maximum Gasteiger partial charge on any atom is 0.202 e. The molecule has 0 amide bonds. The molecule has 4 aromatic carbocycles. The molecule has 0 saturated carbocycles. The molecule has 1 heterocycles. The number of rotatable bonds is 8. The monoisotopic (exact) mass is 549 g/mol. The van der Waals surface area contributed by atoms with Gasteiger partial charge in [-0.2, -0.15) is 5.10 Å². The molecule has 0 aliphatic carbocycles. The Bertz CT molecular complexity index is 1550. The van der Waals surface area contributed by atoms with Crippen LogP contribution in [0.25, 0.3) is 0 Å². The van der Waals surface area contributed by atoms with Crippen LogP contribution in [0.3, 0.4) is 0 Å². The lowest BCUT2D eigenvalue weighted by Gasteiger charge is -2.17. The van der Waals surface area contributed by atoms with Crippen LogP contribution in [0.4, 0.5) is 17.1 Å². The summed E-state index contributed by atoms with van der Waals surface area (Å²) < 4.78 is 15.9. The van der Waals surface area contributed by atoms with E-state index in [-0.39, 0.29) is 0 Å². The van der Waals surface area contributed by atoms with E-state index in [9.17, 15) is 0 Å². The van der Waals surface area contributed by atoms with Gasteiger partial charge in [-0.25, -0.2) is 9.98 Å². The van der Waals surface area contributed by atoms with Crippen molar-refractivity contribution in [3.63, 3.8) is 0 Å². The molecule has 1 fully saturated rings. The second-order valence-corrected chi connectivity index (χ2v) is 9.38. The third-order valence-corrected chi connectivity index (χ3v) is 6.79. The second kappa shape index (κ2) is 12.8. The van der Waals surface area contributed by atoms with Crippen molar-refractivity contribution >= 4 is 51.1 Å². The van der Waals surface area contributed by atoms with E-state index in [4.69, 9.17) is 24.2 Å². The van der Waals surface area contributed by atoms with Crippen molar-refractivity contribution in [2.45, 2.75) is 0 Å². The molecule has 0 bridgehead atoms. The zero-order valence-electron chi connectivity index (χ0n) is 22.3. The number of thioether (sulfide) groups is 1. The van der Waals surface area contributed by atoms with Crippen LogP contribution in [0.1, 0.15) is 5.56 Å². The zero-order valence-corrected chi connectivity index (χ0v) is 23.1. The van der Waals surface area contributed by atoms with E-state index in [0.717, 1.165) is 39.9 Å².